The predicted octanol–water partition coefficient (Wildman–Crippen LogP) is 3.62. The first-order chi connectivity index (χ1) is 12.7. The van der Waals surface area contributed by atoms with Gasteiger partial charge in [0.25, 0.3) is 0 Å². The Hall–Kier alpha value is -3.36. The zero-order chi connectivity index (χ0) is 18.4. The van der Waals surface area contributed by atoms with E-state index in [-0.39, 0.29) is 0 Å². The van der Waals surface area contributed by atoms with Gasteiger partial charge in [-0.25, -0.2) is 0 Å². The van der Waals surface area contributed by atoms with E-state index in [0.717, 1.165) is 11.3 Å². The molecule has 5 heteroatoms. The van der Waals surface area contributed by atoms with Gasteiger partial charge >= 0.3 is 0 Å². The minimum Gasteiger partial charge on any atom is -0.497 e. The van der Waals surface area contributed by atoms with Gasteiger partial charge in [0, 0.05) is 18.0 Å². The van der Waals surface area contributed by atoms with Crippen LogP contribution in [-0.4, -0.2) is 17.2 Å². The molecule has 0 saturated heterocycles. The number of aliphatic hydroxyl groups is 1. The Balaban J connectivity index is 1.85. The lowest BCUT2D eigenvalue weighted by Gasteiger charge is -2.17. The molecule has 0 fully saturated rings. The first-order valence-electron chi connectivity index (χ1n) is 8.09. The molecule has 0 aliphatic rings. The van der Waals surface area contributed by atoms with Crippen LogP contribution >= 0.6 is 0 Å². The van der Waals surface area contributed by atoms with Gasteiger partial charge in [-0.2, -0.15) is 5.26 Å². The summed E-state index contributed by atoms with van der Waals surface area (Å²) in [6.07, 6.45) is 2.39. The van der Waals surface area contributed by atoms with E-state index in [0.29, 0.717) is 29.0 Å². The van der Waals surface area contributed by atoms with Crippen molar-refractivity contribution in [3.63, 3.8) is 0 Å². The van der Waals surface area contributed by atoms with Gasteiger partial charge < -0.3 is 14.6 Å². The molecule has 5 nitrogen and oxygen atoms in total. The van der Waals surface area contributed by atoms with E-state index >= 15 is 0 Å². The Kier molecular flexibility index (Phi) is 5.47. The molecule has 1 heterocycles. The number of ether oxygens (including phenoxy) is 2. The van der Waals surface area contributed by atoms with Crippen molar-refractivity contribution in [3.05, 3.63) is 89.2 Å². The summed E-state index contributed by atoms with van der Waals surface area (Å²) in [4.78, 5) is 3.97. The highest BCUT2D eigenvalue weighted by molar-refractivity contribution is 5.46. The van der Waals surface area contributed by atoms with Crippen molar-refractivity contribution in [1.29, 1.82) is 5.26 Å². The van der Waals surface area contributed by atoms with Gasteiger partial charge in [-0.1, -0.05) is 18.2 Å². The van der Waals surface area contributed by atoms with E-state index in [1.165, 1.54) is 0 Å². The van der Waals surface area contributed by atoms with Crippen molar-refractivity contribution >= 4 is 0 Å². The topological polar surface area (TPSA) is 75.4 Å². The third-order valence-corrected chi connectivity index (χ3v) is 4.01. The molecule has 26 heavy (non-hydrogen) atoms. The lowest BCUT2D eigenvalue weighted by atomic mass is 10.00. The quantitative estimate of drug-likeness (QED) is 0.738. The normalized spacial score (nSPS) is 11.4. The van der Waals surface area contributed by atoms with Crippen LogP contribution in [0, 0.1) is 11.3 Å². The van der Waals surface area contributed by atoms with Crippen molar-refractivity contribution in [2.45, 2.75) is 12.7 Å². The molecule has 1 aromatic heterocycles. The summed E-state index contributed by atoms with van der Waals surface area (Å²) >= 11 is 0. The summed E-state index contributed by atoms with van der Waals surface area (Å²) < 4.78 is 11.1. The SMILES string of the molecule is COc1ccc(COc2cc(C#N)ccc2C(O)c2ccncc2)cc1. The summed E-state index contributed by atoms with van der Waals surface area (Å²) in [5, 5.41) is 19.9. The van der Waals surface area contributed by atoms with Crippen LogP contribution in [0.4, 0.5) is 0 Å². The second-order valence-corrected chi connectivity index (χ2v) is 5.68. The van der Waals surface area contributed by atoms with Crippen LogP contribution in [0.5, 0.6) is 11.5 Å². The lowest BCUT2D eigenvalue weighted by molar-refractivity contribution is 0.209. The number of benzene rings is 2. The van der Waals surface area contributed by atoms with E-state index in [4.69, 9.17) is 14.7 Å². The molecule has 1 atom stereocenters. The van der Waals surface area contributed by atoms with Crippen molar-refractivity contribution < 1.29 is 14.6 Å². The number of rotatable bonds is 6. The van der Waals surface area contributed by atoms with E-state index in [1.807, 2.05) is 24.3 Å². The van der Waals surface area contributed by atoms with Crippen LogP contribution in [-0.2, 0) is 6.61 Å². The van der Waals surface area contributed by atoms with E-state index in [9.17, 15) is 5.11 Å². The number of pyridine rings is 1. The van der Waals surface area contributed by atoms with Crippen molar-refractivity contribution in [3.8, 4) is 17.6 Å². The van der Waals surface area contributed by atoms with Crippen LogP contribution in [0.15, 0.2) is 67.0 Å². The third-order valence-electron chi connectivity index (χ3n) is 4.01. The van der Waals surface area contributed by atoms with Gasteiger partial charge in [0.15, 0.2) is 0 Å². The van der Waals surface area contributed by atoms with E-state index < -0.39 is 6.10 Å². The standard InChI is InChI=1S/C21H18N2O3/c1-25-18-5-2-15(3-6-18)14-26-20-12-16(13-22)4-7-19(20)21(24)17-8-10-23-11-9-17/h2-12,21,24H,14H2,1H3. The second-order valence-electron chi connectivity index (χ2n) is 5.68. The van der Waals surface area contributed by atoms with Crippen LogP contribution in [0.3, 0.4) is 0 Å². The average Bonchev–Trinajstić information content (AvgIpc) is 2.72. The van der Waals surface area contributed by atoms with Crippen LogP contribution < -0.4 is 9.47 Å². The molecule has 0 radical (unpaired) electrons. The molecule has 0 aliphatic heterocycles. The largest absolute Gasteiger partial charge is 0.497 e. The van der Waals surface area contributed by atoms with E-state index in [1.54, 1.807) is 49.8 Å². The van der Waals surface area contributed by atoms with Crippen LogP contribution in [0.25, 0.3) is 0 Å². The van der Waals surface area contributed by atoms with Gasteiger partial charge in [-0.05, 0) is 47.5 Å². The highest BCUT2D eigenvalue weighted by Crippen LogP contribution is 2.31. The summed E-state index contributed by atoms with van der Waals surface area (Å²) in [5.74, 6) is 1.25. The predicted molar refractivity (Wildman–Crippen MR) is 96.8 cm³/mol. The molecule has 0 spiro atoms. The van der Waals surface area contributed by atoms with Gasteiger partial charge in [0.05, 0.1) is 18.7 Å². The monoisotopic (exact) mass is 346 g/mol. The first kappa shape index (κ1) is 17.5. The molecule has 1 unspecified atom stereocenters. The summed E-state index contributed by atoms with van der Waals surface area (Å²) in [6.45, 7) is 0.314. The first-order valence-corrected chi connectivity index (χ1v) is 8.09. The van der Waals surface area contributed by atoms with Gasteiger partial charge in [-0.15, -0.1) is 0 Å². The maximum Gasteiger partial charge on any atom is 0.127 e. The minimum absolute atomic E-state index is 0.314. The molecule has 0 amide bonds. The summed E-state index contributed by atoms with van der Waals surface area (Å²) in [6, 6.07) is 18.1. The molecule has 0 saturated carbocycles. The summed E-state index contributed by atoms with van der Waals surface area (Å²) in [5.41, 5.74) is 2.74. The maximum atomic E-state index is 10.7. The molecule has 1 N–H and O–H groups in total. The van der Waals surface area contributed by atoms with E-state index in [2.05, 4.69) is 11.1 Å². The number of hydrogen-bond acceptors (Lipinski definition) is 5. The van der Waals surface area contributed by atoms with Gasteiger partial charge in [0.1, 0.15) is 24.2 Å². The number of methoxy groups -OCH3 is 1. The molecule has 2 aromatic carbocycles. The molecular formula is C21H18N2O3. The number of aliphatic hydroxyl groups excluding tert-OH is 1. The fourth-order valence-electron chi connectivity index (χ4n) is 2.56. The van der Waals surface area contributed by atoms with Crippen molar-refractivity contribution in [2.24, 2.45) is 0 Å². The Bertz CT molecular complexity index is 903. The average molecular weight is 346 g/mol. The molecule has 0 aliphatic carbocycles. The number of nitriles is 1. The third kappa shape index (κ3) is 4.00. The van der Waals surface area contributed by atoms with Crippen LogP contribution in [0.2, 0.25) is 0 Å². The Labute approximate surface area is 152 Å². The zero-order valence-electron chi connectivity index (χ0n) is 14.3. The molecule has 3 aromatic rings. The number of nitrogens with zero attached hydrogens (tertiary/aromatic N) is 2. The fourth-order valence-corrected chi connectivity index (χ4v) is 2.56. The minimum atomic E-state index is -0.864. The Morgan fingerprint density at radius 1 is 1.08 bits per heavy atom. The Morgan fingerprint density at radius 2 is 1.81 bits per heavy atom. The van der Waals surface area contributed by atoms with Crippen molar-refractivity contribution in [1.82, 2.24) is 4.98 Å². The number of hydrogen-bond donors (Lipinski definition) is 1. The molecular weight excluding hydrogens is 328 g/mol. The van der Waals surface area contributed by atoms with Gasteiger partial charge in [0.2, 0.25) is 0 Å². The zero-order valence-corrected chi connectivity index (χ0v) is 14.3. The number of aromatic nitrogens is 1. The van der Waals surface area contributed by atoms with Gasteiger partial charge in [-0.3, -0.25) is 4.98 Å². The highest BCUT2D eigenvalue weighted by Gasteiger charge is 2.16. The van der Waals surface area contributed by atoms with Crippen LogP contribution in [0.1, 0.15) is 28.4 Å². The molecule has 3 rings (SSSR count). The molecule has 130 valence electrons. The lowest BCUT2D eigenvalue weighted by Crippen LogP contribution is -2.05. The molecule has 0 bridgehead atoms. The second kappa shape index (κ2) is 8.15. The Morgan fingerprint density at radius 3 is 2.46 bits per heavy atom. The smallest absolute Gasteiger partial charge is 0.127 e. The highest BCUT2D eigenvalue weighted by atomic mass is 16.5. The summed E-state index contributed by atoms with van der Waals surface area (Å²) in [7, 11) is 1.62. The van der Waals surface area contributed by atoms with Crippen molar-refractivity contribution in [2.75, 3.05) is 7.11 Å². The fraction of sp³-hybridized carbons (Fsp3) is 0.143. The maximum absolute atomic E-state index is 10.7.